The predicted octanol–water partition coefficient (Wildman–Crippen LogP) is 3.01. The molecule has 1 aromatic carbocycles. The minimum Gasteiger partial charge on any atom is -0.341 e. The zero-order valence-electron chi connectivity index (χ0n) is 19.2. The third-order valence-corrected chi connectivity index (χ3v) is 5.51. The summed E-state index contributed by atoms with van der Waals surface area (Å²) in [6.45, 7) is 11.7. The van der Waals surface area contributed by atoms with Crippen molar-refractivity contribution in [2.45, 2.75) is 59.0 Å². The topological polar surface area (TPSA) is 81.8 Å². The molecule has 0 aliphatic carbocycles. The van der Waals surface area contributed by atoms with Crippen LogP contribution in [0.3, 0.4) is 0 Å². The number of hydrogen-bond donors (Lipinski definition) is 2. The van der Waals surface area contributed by atoms with E-state index >= 15 is 0 Å². The summed E-state index contributed by atoms with van der Waals surface area (Å²) in [7, 11) is 0. The van der Waals surface area contributed by atoms with E-state index < -0.39 is 17.8 Å². The van der Waals surface area contributed by atoms with E-state index in [0.717, 1.165) is 0 Å². The molecule has 0 spiro atoms. The molecule has 2 rings (SSSR count). The molecule has 1 aliphatic rings. The van der Waals surface area contributed by atoms with E-state index in [1.807, 2.05) is 34.6 Å². The first-order chi connectivity index (χ1) is 14.6. The molecule has 1 unspecified atom stereocenters. The van der Waals surface area contributed by atoms with Crippen molar-refractivity contribution >= 4 is 17.8 Å². The van der Waals surface area contributed by atoms with Crippen LogP contribution in [-0.4, -0.2) is 65.4 Å². The van der Waals surface area contributed by atoms with Gasteiger partial charge in [-0.05, 0) is 77.6 Å². The number of benzene rings is 1. The Bertz CT molecular complexity index is 764. The van der Waals surface area contributed by atoms with E-state index in [9.17, 15) is 18.8 Å². The van der Waals surface area contributed by atoms with Gasteiger partial charge in [0.15, 0.2) is 0 Å². The molecule has 1 heterocycles. The van der Waals surface area contributed by atoms with Gasteiger partial charge in [-0.15, -0.1) is 0 Å². The molecule has 1 atom stereocenters. The van der Waals surface area contributed by atoms with Crippen LogP contribution in [0.4, 0.5) is 9.18 Å². The normalized spacial score (nSPS) is 15.9. The third kappa shape index (κ3) is 6.94. The molecule has 8 heteroatoms. The molecule has 0 aromatic heterocycles. The van der Waals surface area contributed by atoms with Gasteiger partial charge in [0.25, 0.3) is 5.91 Å². The monoisotopic (exact) mass is 434 g/mol. The first-order valence-electron chi connectivity index (χ1n) is 11.0. The maximum atomic E-state index is 13.2. The second kappa shape index (κ2) is 10.6. The van der Waals surface area contributed by atoms with E-state index in [1.165, 1.54) is 24.3 Å². The van der Waals surface area contributed by atoms with E-state index in [-0.39, 0.29) is 23.4 Å². The van der Waals surface area contributed by atoms with Gasteiger partial charge in [0.1, 0.15) is 11.9 Å². The van der Waals surface area contributed by atoms with Crippen molar-refractivity contribution in [2.24, 2.45) is 5.92 Å². The Morgan fingerprint density at radius 3 is 2.13 bits per heavy atom. The fourth-order valence-corrected chi connectivity index (χ4v) is 3.77. The van der Waals surface area contributed by atoms with E-state index in [4.69, 9.17) is 0 Å². The van der Waals surface area contributed by atoms with Crippen LogP contribution < -0.4 is 10.6 Å². The minimum absolute atomic E-state index is 0.0869. The maximum Gasteiger partial charge on any atom is 0.317 e. The van der Waals surface area contributed by atoms with Gasteiger partial charge in [0.2, 0.25) is 5.91 Å². The Balaban J connectivity index is 2.12. The highest BCUT2D eigenvalue weighted by atomic mass is 19.1. The van der Waals surface area contributed by atoms with Crippen LogP contribution in [0.5, 0.6) is 0 Å². The molecule has 1 aromatic rings. The molecular formula is C23H35FN4O3. The third-order valence-electron chi connectivity index (χ3n) is 5.51. The molecule has 4 amide bonds. The molecule has 31 heavy (non-hydrogen) atoms. The lowest BCUT2D eigenvalue weighted by molar-refractivity contribution is -0.134. The van der Waals surface area contributed by atoms with Crippen molar-refractivity contribution in [1.29, 1.82) is 0 Å². The summed E-state index contributed by atoms with van der Waals surface area (Å²) in [5.41, 5.74) is -0.0149. The number of urea groups is 1. The smallest absolute Gasteiger partial charge is 0.317 e. The van der Waals surface area contributed by atoms with Crippen LogP contribution in [0.15, 0.2) is 24.3 Å². The fraction of sp³-hybridized carbons (Fsp3) is 0.609. The number of halogens is 1. The Labute approximate surface area is 184 Å². The first kappa shape index (κ1) is 24.6. The average molecular weight is 435 g/mol. The number of nitrogens with one attached hydrogen (secondary N) is 2. The van der Waals surface area contributed by atoms with Crippen molar-refractivity contribution < 1.29 is 18.8 Å². The van der Waals surface area contributed by atoms with Gasteiger partial charge in [-0.3, -0.25) is 9.59 Å². The lowest BCUT2D eigenvalue weighted by Crippen LogP contribution is -2.56. The molecule has 1 fully saturated rings. The van der Waals surface area contributed by atoms with Crippen molar-refractivity contribution in [3.05, 3.63) is 35.6 Å². The lowest BCUT2D eigenvalue weighted by Gasteiger charge is -2.38. The van der Waals surface area contributed by atoms with Crippen molar-refractivity contribution in [2.75, 3.05) is 26.2 Å². The van der Waals surface area contributed by atoms with Crippen LogP contribution in [-0.2, 0) is 4.79 Å². The molecule has 172 valence electrons. The molecule has 0 saturated carbocycles. The largest absolute Gasteiger partial charge is 0.341 e. The van der Waals surface area contributed by atoms with Gasteiger partial charge < -0.3 is 20.4 Å². The summed E-state index contributed by atoms with van der Waals surface area (Å²) in [5.74, 6) is -1.04. The number of hydrogen-bond acceptors (Lipinski definition) is 3. The summed E-state index contributed by atoms with van der Waals surface area (Å²) in [6, 6.07) is 4.45. The standard InChI is InChI=1S/C23H35FN4O3/c1-6-27(7-2)21(30)19(25-20(29)17-8-10-18(24)11-9-17)16-12-14-28(15-13-16)22(31)26-23(3,4)5/h8-11,16,19H,6-7,12-15H2,1-5H3,(H,25,29)(H,26,31). The number of nitrogens with zero attached hydrogens (tertiary/aromatic N) is 2. The highest BCUT2D eigenvalue weighted by molar-refractivity contribution is 5.97. The Morgan fingerprint density at radius 2 is 1.65 bits per heavy atom. The Kier molecular flexibility index (Phi) is 8.42. The van der Waals surface area contributed by atoms with Crippen LogP contribution >= 0.6 is 0 Å². The SMILES string of the molecule is CCN(CC)C(=O)C(NC(=O)c1ccc(F)cc1)C1CCN(C(=O)NC(C)(C)C)CC1. The molecular weight excluding hydrogens is 399 g/mol. The first-order valence-corrected chi connectivity index (χ1v) is 11.0. The van der Waals surface area contributed by atoms with Crippen LogP contribution in [0.2, 0.25) is 0 Å². The summed E-state index contributed by atoms with van der Waals surface area (Å²) >= 11 is 0. The van der Waals surface area contributed by atoms with Gasteiger partial charge in [0, 0.05) is 37.3 Å². The Morgan fingerprint density at radius 1 is 1.10 bits per heavy atom. The number of likely N-dealkylation sites (tertiary alicyclic amines) is 1. The number of amides is 4. The van der Waals surface area contributed by atoms with Gasteiger partial charge in [-0.1, -0.05) is 0 Å². The molecule has 1 saturated heterocycles. The summed E-state index contributed by atoms with van der Waals surface area (Å²) in [4.78, 5) is 41.9. The second-order valence-electron chi connectivity index (χ2n) is 8.97. The van der Waals surface area contributed by atoms with Gasteiger partial charge in [-0.25, -0.2) is 9.18 Å². The van der Waals surface area contributed by atoms with Gasteiger partial charge >= 0.3 is 6.03 Å². The highest BCUT2D eigenvalue weighted by Crippen LogP contribution is 2.23. The summed E-state index contributed by atoms with van der Waals surface area (Å²) < 4.78 is 13.2. The van der Waals surface area contributed by atoms with Crippen molar-refractivity contribution in [3.63, 3.8) is 0 Å². The van der Waals surface area contributed by atoms with E-state index in [2.05, 4.69) is 10.6 Å². The number of carbonyl (C=O) groups is 3. The number of piperidine rings is 1. The van der Waals surface area contributed by atoms with Crippen LogP contribution in [0.25, 0.3) is 0 Å². The summed E-state index contributed by atoms with van der Waals surface area (Å²) in [6.07, 6.45) is 1.22. The Hall–Kier alpha value is -2.64. The van der Waals surface area contributed by atoms with E-state index in [1.54, 1.807) is 9.80 Å². The molecule has 1 aliphatic heterocycles. The van der Waals surface area contributed by atoms with Gasteiger partial charge in [0.05, 0.1) is 0 Å². The van der Waals surface area contributed by atoms with Crippen molar-refractivity contribution in [1.82, 2.24) is 20.4 Å². The number of likely N-dealkylation sites (N-methyl/N-ethyl adjacent to an activating group) is 1. The number of carbonyl (C=O) groups excluding carboxylic acids is 3. The average Bonchev–Trinajstić information content (AvgIpc) is 2.72. The molecule has 0 radical (unpaired) electrons. The maximum absolute atomic E-state index is 13.2. The summed E-state index contributed by atoms with van der Waals surface area (Å²) in [5, 5.41) is 5.84. The quantitative estimate of drug-likeness (QED) is 0.722. The lowest BCUT2D eigenvalue weighted by atomic mass is 9.88. The molecule has 0 bridgehead atoms. The minimum atomic E-state index is -0.690. The second-order valence-corrected chi connectivity index (χ2v) is 8.97. The zero-order chi connectivity index (χ0) is 23.2. The number of rotatable bonds is 6. The predicted molar refractivity (Wildman–Crippen MR) is 118 cm³/mol. The van der Waals surface area contributed by atoms with Crippen LogP contribution in [0.1, 0.15) is 57.8 Å². The van der Waals surface area contributed by atoms with E-state index in [0.29, 0.717) is 44.6 Å². The van der Waals surface area contributed by atoms with Crippen molar-refractivity contribution in [3.8, 4) is 0 Å². The fourth-order valence-electron chi connectivity index (χ4n) is 3.77. The van der Waals surface area contributed by atoms with Crippen LogP contribution in [0, 0.1) is 11.7 Å². The molecule has 2 N–H and O–H groups in total. The van der Waals surface area contributed by atoms with Gasteiger partial charge in [-0.2, -0.15) is 0 Å². The molecule has 7 nitrogen and oxygen atoms in total. The zero-order valence-corrected chi connectivity index (χ0v) is 19.2. The highest BCUT2D eigenvalue weighted by Gasteiger charge is 2.36.